The fourth-order valence-corrected chi connectivity index (χ4v) is 3.12. The first-order chi connectivity index (χ1) is 14.0. The number of hydrogen-bond donors (Lipinski definition) is 4. The molecule has 0 fully saturated rings. The summed E-state index contributed by atoms with van der Waals surface area (Å²) in [4.78, 5) is 19.6. The first-order valence-corrected chi connectivity index (χ1v) is 9.09. The van der Waals surface area contributed by atoms with Crippen LogP contribution in [0.4, 0.5) is 5.95 Å². The highest BCUT2D eigenvalue weighted by Crippen LogP contribution is 2.28. The average Bonchev–Trinajstić information content (AvgIpc) is 3.09. The number of aliphatic hydroxyl groups excluding tert-OH is 1. The van der Waals surface area contributed by atoms with E-state index in [4.69, 9.17) is 9.47 Å². The minimum atomic E-state index is -1.21. The molecule has 150 valence electrons. The fraction of sp³-hybridized carbons (Fsp3) is 0.250. The Balaban J connectivity index is 1.66. The fourth-order valence-electron chi connectivity index (χ4n) is 3.12. The molecule has 2 aromatic carbocycles. The predicted molar refractivity (Wildman–Crippen MR) is 110 cm³/mol. The number of aryl methyl sites for hydroxylation is 1. The minimum Gasteiger partial charge on any atom is -0.382 e. The van der Waals surface area contributed by atoms with Crippen molar-refractivity contribution in [2.24, 2.45) is 0 Å². The molecule has 2 aromatic heterocycles. The molecule has 9 nitrogen and oxygen atoms in total. The zero-order chi connectivity index (χ0) is 20.4. The Morgan fingerprint density at radius 3 is 2.86 bits per heavy atom. The van der Waals surface area contributed by atoms with Crippen molar-refractivity contribution in [3.05, 3.63) is 52.3 Å². The van der Waals surface area contributed by atoms with Crippen LogP contribution in [-0.4, -0.2) is 52.0 Å². The van der Waals surface area contributed by atoms with Crippen molar-refractivity contribution in [1.82, 2.24) is 20.2 Å². The van der Waals surface area contributed by atoms with E-state index in [1.807, 2.05) is 37.3 Å². The molecule has 0 bridgehead atoms. The van der Waals surface area contributed by atoms with Gasteiger partial charge in [0.2, 0.25) is 12.4 Å². The summed E-state index contributed by atoms with van der Waals surface area (Å²) in [7, 11) is 1.56. The van der Waals surface area contributed by atoms with Crippen molar-refractivity contribution in [1.29, 1.82) is 0 Å². The summed E-state index contributed by atoms with van der Waals surface area (Å²) in [6, 6.07) is 11.3. The minimum absolute atomic E-state index is 0.224. The smallest absolute Gasteiger partial charge is 0.272 e. The number of nitrogens with zero attached hydrogens (tertiary/aromatic N) is 2. The highest BCUT2D eigenvalue weighted by Gasteiger charge is 2.12. The number of imidazole rings is 1. The molecule has 0 amide bonds. The number of fused-ring (bicyclic) bond motifs is 2. The standard InChI is InChI=1S/C20H21N5O4/c1-11-3-5-13-14(9-11)17(24-25-18(13)26)12-4-6-15-16(10-12)22-19(21-15)23-20(27)29-8-7-28-2/h3-6,9-10,20,27H,7-8H2,1-2H3,(H,25,26)(H2,21,22,23). The van der Waals surface area contributed by atoms with E-state index in [2.05, 4.69) is 25.5 Å². The van der Waals surface area contributed by atoms with Crippen molar-refractivity contribution >= 4 is 27.8 Å². The lowest BCUT2D eigenvalue weighted by Crippen LogP contribution is -2.24. The predicted octanol–water partition coefficient (Wildman–Crippen LogP) is 2.13. The van der Waals surface area contributed by atoms with E-state index < -0.39 is 6.41 Å². The van der Waals surface area contributed by atoms with Gasteiger partial charge in [0.25, 0.3) is 5.56 Å². The molecule has 0 aliphatic heterocycles. The van der Waals surface area contributed by atoms with Crippen molar-refractivity contribution in [3.63, 3.8) is 0 Å². The van der Waals surface area contributed by atoms with Gasteiger partial charge in [0.05, 0.1) is 35.3 Å². The van der Waals surface area contributed by atoms with Gasteiger partial charge >= 0.3 is 0 Å². The molecule has 4 rings (SSSR count). The van der Waals surface area contributed by atoms with Crippen molar-refractivity contribution in [2.45, 2.75) is 13.3 Å². The number of nitrogens with one attached hydrogen (secondary N) is 3. The molecular formula is C20H21N5O4. The van der Waals surface area contributed by atoms with E-state index in [-0.39, 0.29) is 12.2 Å². The van der Waals surface area contributed by atoms with Gasteiger partial charge in [-0.3, -0.25) is 4.79 Å². The number of aliphatic hydroxyl groups is 1. The van der Waals surface area contributed by atoms with Crippen LogP contribution in [0.2, 0.25) is 0 Å². The maximum Gasteiger partial charge on any atom is 0.272 e. The first kappa shape index (κ1) is 19.1. The summed E-state index contributed by atoms with van der Waals surface area (Å²) in [6.45, 7) is 2.60. The molecule has 4 aromatic rings. The Hall–Kier alpha value is -3.27. The molecule has 0 aliphatic rings. The Bertz CT molecular complexity index is 1220. The largest absolute Gasteiger partial charge is 0.382 e. The second-order valence-corrected chi connectivity index (χ2v) is 6.63. The molecular weight excluding hydrogens is 374 g/mol. The number of benzene rings is 2. The third kappa shape index (κ3) is 3.97. The van der Waals surface area contributed by atoms with Gasteiger partial charge in [-0.25, -0.2) is 10.1 Å². The second kappa shape index (κ2) is 8.00. The summed E-state index contributed by atoms with van der Waals surface area (Å²) in [5.74, 6) is 0.372. The van der Waals surface area contributed by atoms with Crippen LogP contribution in [-0.2, 0) is 9.47 Å². The Morgan fingerprint density at radius 1 is 1.17 bits per heavy atom. The monoisotopic (exact) mass is 395 g/mol. The van der Waals surface area contributed by atoms with Gasteiger partial charge in [0.1, 0.15) is 0 Å². The molecule has 0 saturated heterocycles. The van der Waals surface area contributed by atoms with Crippen LogP contribution in [0.3, 0.4) is 0 Å². The zero-order valence-electron chi connectivity index (χ0n) is 16.0. The summed E-state index contributed by atoms with van der Waals surface area (Å²) < 4.78 is 10.0. The van der Waals surface area contributed by atoms with Gasteiger partial charge in [-0.2, -0.15) is 5.10 Å². The van der Waals surface area contributed by atoms with E-state index in [1.165, 1.54) is 0 Å². The van der Waals surface area contributed by atoms with Gasteiger partial charge in [-0.05, 0) is 31.2 Å². The molecule has 0 spiro atoms. The van der Waals surface area contributed by atoms with Gasteiger partial charge in [-0.15, -0.1) is 0 Å². The van der Waals surface area contributed by atoms with E-state index in [0.29, 0.717) is 29.2 Å². The summed E-state index contributed by atoms with van der Waals surface area (Å²) in [5.41, 5.74) is 3.78. The van der Waals surface area contributed by atoms with Gasteiger partial charge in [-0.1, -0.05) is 17.7 Å². The highest BCUT2D eigenvalue weighted by molar-refractivity contribution is 5.96. The Morgan fingerprint density at radius 2 is 2.03 bits per heavy atom. The zero-order valence-corrected chi connectivity index (χ0v) is 16.0. The van der Waals surface area contributed by atoms with E-state index >= 15 is 0 Å². The van der Waals surface area contributed by atoms with Crippen LogP contribution >= 0.6 is 0 Å². The normalized spacial score (nSPS) is 12.5. The number of aromatic nitrogens is 4. The number of hydrogen-bond acceptors (Lipinski definition) is 7. The van der Waals surface area contributed by atoms with Crippen LogP contribution in [0.15, 0.2) is 41.2 Å². The number of H-pyrrole nitrogens is 2. The van der Waals surface area contributed by atoms with Gasteiger partial charge in [0, 0.05) is 18.1 Å². The maximum atomic E-state index is 12.1. The van der Waals surface area contributed by atoms with Crippen LogP contribution < -0.4 is 10.9 Å². The molecule has 0 radical (unpaired) electrons. The van der Waals surface area contributed by atoms with E-state index in [9.17, 15) is 9.90 Å². The number of rotatable bonds is 7. The van der Waals surface area contributed by atoms with Crippen molar-refractivity contribution in [3.8, 4) is 11.3 Å². The Kier molecular flexibility index (Phi) is 5.26. The molecule has 9 heteroatoms. The molecule has 0 aliphatic carbocycles. The molecule has 1 unspecified atom stereocenters. The number of aromatic amines is 2. The summed E-state index contributed by atoms with van der Waals surface area (Å²) in [6.07, 6.45) is -1.21. The molecule has 0 saturated carbocycles. The van der Waals surface area contributed by atoms with Crippen LogP contribution in [0.5, 0.6) is 0 Å². The van der Waals surface area contributed by atoms with Crippen molar-refractivity contribution < 1.29 is 14.6 Å². The molecule has 1 atom stereocenters. The van der Waals surface area contributed by atoms with E-state index in [0.717, 1.165) is 22.0 Å². The lowest BCUT2D eigenvalue weighted by molar-refractivity contribution is -0.0903. The van der Waals surface area contributed by atoms with Crippen LogP contribution in [0.1, 0.15) is 5.56 Å². The lowest BCUT2D eigenvalue weighted by atomic mass is 10.0. The lowest BCUT2D eigenvalue weighted by Gasteiger charge is -2.11. The topological polar surface area (TPSA) is 125 Å². The summed E-state index contributed by atoms with van der Waals surface area (Å²) in [5, 5.41) is 20.8. The van der Waals surface area contributed by atoms with Gasteiger partial charge < -0.3 is 24.9 Å². The first-order valence-electron chi connectivity index (χ1n) is 9.09. The molecule has 2 heterocycles. The SMILES string of the molecule is COCCOC(O)Nc1nc2cc(-c3n[nH]c(=O)c4ccc(C)cc34)ccc2[nH]1. The van der Waals surface area contributed by atoms with Crippen LogP contribution in [0, 0.1) is 6.92 Å². The quantitative estimate of drug-likeness (QED) is 0.279. The number of ether oxygens (including phenoxy) is 2. The third-order valence-corrected chi connectivity index (χ3v) is 4.52. The highest BCUT2D eigenvalue weighted by atomic mass is 16.6. The number of anilines is 1. The Labute approximate surface area is 165 Å². The van der Waals surface area contributed by atoms with Gasteiger partial charge in [0.15, 0.2) is 0 Å². The third-order valence-electron chi connectivity index (χ3n) is 4.52. The second-order valence-electron chi connectivity index (χ2n) is 6.63. The van der Waals surface area contributed by atoms with E-state index in [1.54, 1.807) is 13.2 Å². The van der Waals surface area contributed by atoms with Crippen molar-refractivity contribution in [2.75, 3.05) is 25.6 Å². The summed E-state index contributed by atoms with van der Waals surface area (Å²) >= 11 is 0. The number of methoxy groups -OCH3 is 1. The maximum absolute atomic E-state index is 12.1. The molecule has 4 N–H and O–H groups in total. The molecule has 29 heavy (non-hydrogen) atoms. The average molecular weight is 395 g/mol. The van der Waals surface area contributed by atoms with Crippen LogP contribution in [0.25, 0.3) is 33.1 Å².